The predicted molar refractivity (Wildman–Crippen MR) is 73.7 cm³/mol. The lowest BCUT2D eigenvalue weighted by atomic mass is 10.0. The van der Waals surface area contributed by atoms with E-state index < -0.39 is 0 Å². The van der Waals surface area contributed by atoms with E-state index in [1.165, 1.54) is 58.2 Å². The van der Waals surface area contributed by atoms with E-state index in [1.54, 1.807) is 0 Å². The summed E-state index contributed by atoms with van der Waals surface area (Å²) in [4.78, 5) is 2.69. The standard InChI is InChI=1S/C15H28N2O/c1-18-11-15(13-4-5-13)17-8-6-14(7-9-17)16-10-12-2-3-12/h12-16H,2-11H2,1H3. The van der Waals surface area contributed by atoms with Crippen molar-refractivity contribution in [2.75, 3.05) is 33.4 Å². The number of hydrogen-bond donors (Lipinski definition) is 1. The molecule has 1 unspecified atom stereocenters. The Kier molecular flexibility index (Phi) is 4.22. The predicted octanol–water partition coefficient (Wildman–Crippen LogP) is 1.88. The Labute approximate surface area is 111 Å². The maximum Gasteiger partial charge on any atom is 0.0620 e. The zero-order valence-corrected chi connectivity index (χ0v) is 11.7. The van der Waals surface area contributed by atoms with Crippen LogP contribution in [0.4, 0.5) is 0 Å². The van der Waals surface area contributed by atoms with E-state index in [2.05, 4.69) is 10.2 Å². The van der Waals surface area contributed by atoms with Crippen LogP contribution in [0.25, 0.3) is 0 Å². The Morgan fingerprint density at radius 3 is 2.39 bits per heavy atom. The summed E-state index contributed by atoms with van der Waals surface area (Å²) in [5, 5.41) is 3.76. The lowest BCUT2D eigenvalue weighted by molar-refractivity contribution is 0.0584. The highest BCUT2D eigenvalue weighted by Gasteiger charge is 2.36. The minimum absolute atomic E-state index is 0.708. The smallest absolute Gasteiger partial charge is 0.0620 e. The minimum Gasteiger partial charge on any atom is -0.383 e. The zero-order chi connectivity index (χ0) is 12.4. The van der Waals surface area contributed by atoms with Gasteiger partial charge in [-0.05, 0) is 56.9 Å². The van der Waals surface area contributed by atoms with E-state index in [0.717, 1.165) is 24.5 Å². The average molecular weight is 252 g/mol. The van der Waals surface area contributed by atoms with Crippen LogP contribution in [0.2, 0.25) is 0 Å². The number of nitrogens with one attached hydrogen (secondary N) is 1. The van der Waals surface area contributed by atoms with Gasteiger partial charge in [-0.1, -0.05) is 0 Å². The number of methoxy groups -OCH3 is 1. The van der Waals surface area contributed by atoms with Crippen molar-refractivity contribution < 1.29 is 4.74 Å². The normalized spacial score (nSPS) is 28.5. The fraction of sp³-hybridized carbons (Fsp3) is 1.00. The number of piperidine rings is 1. The molecule has 3 fully saturated rings. The Morgan fingerprint density at radius 2 is 1.83 bits per heavy atom. The second kappa shape index (κ2) is 5.89. The summed E-state index contributed by atoms with van der Waals surface area (Å²) < 4.78 is 5.42. The highest BCUT2D eigenvalue weighted by molar-refractivity contribution is 4.91. The van der Waals surface area contributed by atoms with Crippen LogP contribution in [0.5, 0.6) is 0 Å². The zero-order valence-electron chi connectivity index (χ0n) is 11.7. The maximum atomic E-state index is 5.42. The lowest BCUT2D eigenvalue weighted by Gasteiger charge is -2.38. The second-order valence-electron chi connectivity index (χ2n) is 6.52. The number of rotatable bonds is 7. The molecule has 1 aliphatic heterocycles. The maximum absolute atomic E-state index is 5.42. The molecule has 2 aliphatic carbocycles. The average Bonchev–Trinajstić information content (AvgIpc) is 3.28. The van der Waals surface area contributed by atoms with Gasteiger partial charge in [-0.2, -0.15) is 0 Å². The summed E-state index contributed by atoms with van der Waals surface area (Å²) in [5.74, 6) is 1.94. The van der Waals surface area contributed by atoms with Crippen molar-refractivity contribution in [3.8, 4) is 0 Å². The molecule has 3 nitrogen and oxygen atoms in total. The van der Waals surface area contributed by atoms with Gasteiger partial charge in [0.2, 0.25) is 0 Å². The van der Waals surface area contributed by atoms with Crippen molar-refractivity contribution in [2.45, 2.75) is 50.6 Å². The van der Waals surface area contributed by atoms with Crippen molar-refractivity contribution in [3.63, 3.8) is 0 Å². The lowest BCUT2D eigenvalue weighted by Crippen LogP contribution is -2.49. The summed E-state index contributed by atoms with van der Waals surface area (Å²) in [6.07, 6.45) is 8.44. The van der Waals surface area contributed by atoms with Gasteiger partial charge >= 0.3 is 0 Å². The molecule has 3 aliphatic rings. The summed E-state index contributed by atoms with van der Waals surface area (Å²) in [7, 11) is 1.85. The minimum atomic E-state index is 0.708. The number of likely N-dealkylation sites (tertiary alicyclic amines) is 1. The summed E-state index contributed by atoms with van der Waals surface area (Å²) in [6, 6.07) is 1.49. The molecule has 0 spiro atoms. The fourth-order valence-corrected chi connectivity index (χ4v) is 3.28. The van der Waals surface area contributed by atoms with Gasteiger partial charge in [-0.3, -0.25) is 4.90 Å². The first-order chi connectivity index (χ1) is 8.86. The van der Waals surface area contributed by atoms with Crippen LogP contribution >= 0.6 is 0 Å². The first-order valence-corrected chi connectivity index (χ1v) is 7.83. The van der Waals surface area contributed by atoms with E-state index in [4.69, 9.17) is 4.74 Å². The molecule has 1 atom stereocenters. The van der Waals surface area contributed by atoms with Gasteiger partial charge < -0.3 is 10.1 Å². The van der Waals surface area contributed by atoms with Crippen LogP contribution in [-0.2, 0) is 4.74 Å². The molecular weight excluding hydrogens is 224 g/mol. The molecule has 2 saturated carbocycles. The van der Waals surface area contributed by atoms with Gasteiger partial charge in [-0.15, -0.1) is 0 Å². The van der Waals surface area contributed by atoms with E-state index >= 15 is 0 Å². The molecule has 1 heterocycles. The van der Waals surface area contributed by atoms with Gasteiger partial charge in [0.25, 0.3) is 0 Å². The van der Waals surface area contributed by atoms with Crippen molar-refractivity contribution in [1.82, 2.24) is 10.2 Å². The third-order valence-electron chi connectivity index (χ3n) is 4.89. The van der Waals surface area contributed by atoms with E-state index in [1.807, 2.05) is 7.11 Å². The van der Waals surface area contributed by atoms with Crippen molar-refractivity contribution >= 4 is 0 Å². The molecule has 104 valence electrons. The monoisotopic (exact) mass is 252 g/mol. The molecule has 0 bridgehead atoms. The van der Waals surface area contributed by atoms with Crippen LogP contribution < -0.4 is 5.32 Å². The van der Waals surface area contributed by atoms with Gasteiger partial charge in [0.15, 0.2) is 0 Å². The largest absolute Gasteiger partial charge is 0.383 e. The SMILES string of the molecule is COCC(C1CC1)N1CCC(NCC2CC2)CC1. The van der Waals surface area contributed by atoms with Crippen molar-refractivity contribution in [1.29, 1.82) is 0 Å². The Morgan fingerprint density at radius 1 is 1.11 bits per heavy atom. The first kappa shape index (κ1) is 12.9. The molecule has 0 amide bonds. The summed E-state index contributed by atoms with van der Waals surface area (Å²) in [6.45, 7) is 4.75. The van der Waals surface area contributed by atoms with E-state index in [9.17, 15) is 0 Å². The number of nitrogens with zero attached hydrogens (tertiary/aromatic N) is 1. The molecule has 3 rings (SSSR count). The summed E-state index contributed by atoms with van der Waals surface area (Å²) in [5.41, 5.74) is 0. The topological polar surface area (TPSA) is 24.5 Å². The Hall–Kier alpha value is -0.120. The van der Waals surface area contributed by atoms with Gasteiger partial charge in [0.05, 0.1) is 6.61 Å². The molecule has 0 aromatic carbocycles. The molecule has 1 saturated heterocycles. The number of ether oxygens (including phenoxy) is 1. The highest BCUT2D eigenvalue weighted by Crippen LogP contribution is 2.36. The molecule has 18 heavy (non-hydrogen) atoms. The van der Waals surface area contributed by atoms with Crippen molar-refractivity contribution in [3.05, 3.63) is 0 Å². The highest BCUT2D eigenvalue weighted by atomic mass is 16.5. The van der Waals surface area contributed by atoms with Crippen LogP contribution in [0.3, 0.4) is 0 Å². The van der Waals surface area contributed by atoms with Crippen molar-refractivity contribution in [2.24, 2.45) is 11.8 Å². The van der Waals surface area contributed by atoms with Crippen LogP contribution in [0, 0.1) is 11.8 Å². The van der Waals surface area contributed by atoms with Gasteiger partial charge in [0, 0.05) is 32.3 Å². The van der Waals surface area contributed by atoms with Crippen LogP contribution in [-0.4, -0.2) is 50.3 Å². The van der Waals surface area contributed by atoms with Gasteiger partial charge in [-0.25, -0.2) is 0 Å². The molecule has 3 heteroatoms. The molecule has 0 aromatic heterocycles. The van der Waals surface area contributed by atoms with Gasteiger partial charge in [0.1, 0.15) is 0 Å². The Balaban J connectivity index is 1.40. The third-order valence-corrected chi connectivity index (χ3v) is 4.89. The molecule has 1 N–H and O–H groups in total. The van der Waals surface area contributed by atoms with Crippen LogP contribution in [0.1, 0.15) is 38.5 Å². The Bertz CT molecular complexity index is 255. The molecule has 0 radical (unpaired) electrons. The second-order valence-corrected chi connectivity index (χ2v) is 6.52. The fourth-order valence-electron chi connectivity index (χ4n) is 3.28. The third kappa shape index (κ3) is 3.46. The quantitative estimate of drug-likeness (QED) is 0.749. The van der Waals surface area contributed by atoms with Crippen LogP contribution in [0.15, 0.2) is 0 Å². The summed E-state index contributed by atoms with van der Waals surface area (Å²) >= 11 is 0. The molecule has 0 aromatic rings. The van der Waals surface area contributed by atoms with E-state index in [0.29, 0.717) is 6.04 Å². The first-order valence-electron chi connectivity index (χ1n) is 7.83. The number of hydrogen-bond acceptors (Lipinski definition) is 3. The molecular formula is C15H28N2O. The van der Waals surface area contributed by atoms with E-state index in [-0.39, 0.29) is 0 Å².